The molecule has 5 rings (SSSR count). The van der Waals surface area contributed by atoms with Gasteiger partial charge >= 0.3 is 0 Å². The molecule has 1 N–H and O–H groups in total. The van der Waals surface area contributed by atoms with Gasteiger partial charge in [-0.3, -0.25) is 14.5 Å². The molecular formula is C24H18F2N2O4S. The van der Waals surface area contributed by atoms with Gasteiger partial charge in [-0.1, -0.05) is 6.07 Å². The number of amides is 1. The van der Waals surface area contributed by atoms with E-state index in [4.69, 9.17) is 4.74 Å². The number of anilines is 2. The number of likely N-dealkylation sites (N-methyl/N-ethyl adjacent to an activating group) is 1. The lowest BCUT2D eigenvalue weighted by atomic mass is 9.99. The SMILES string of the molecule is CN1CCOc2ccc(/C(O)=C3/C(=O)C(=O)N(c4cc(F)ccc4F)C3c3cccs3)cc21. The third kappa shape index (κ3) is 3.45. The minimum absolute atomic E-state index is 0.189. The van der Waals surface area contributed by atoms with Gasteiger partial charge in [-0.25, -0.2) is 8.78 Å². The van der Waals surface area contributed by atoms with E-state index in [9.17, 15) is 23.5 Å². The van der Waals surface area contributed by atoms with Crippen molar-refractivity contribution in [2.45, 2.75) is 6.04 Å². The Morgan fingerprint density at radius 1 is 1.12 bits per heavy atom. The van der Waals surface area contributed by atoms with E-state index in [2.05, 4.69) is 0 Å². The summed E-state index contributed by atoms with van der Waals surface area (Å²) < 4.78 is 34.2. The van der Waals surface area contributed by atoms with Gasteiger partial charge in [-0.05, 0) is 41.8 Å². The van der Waals surface area contributed by atoms with Gasteiger partial charge in [0.15, 0.2) is 0 Å². The van der Waals surface area contributed by atoms with E-state index < -0.39 is 35.1 Å². The summed E-state index contributed by atoms with van der Waals surface area (Å²) in [5.74, 6) is -3.39. The average Bonchev–Trinajstić information content (AvgIpc) is 3.42. The number of carbonyl (C=O) groups is 2. The number of fused-ring (bicyclic) bond motifs is 1. The molecular weight excluding hydrogens is 450 g/mol. The third-order valence-electron chi connectivity index (χ3n) is 5.75. The number of rotatable bonds is 3. The zero-order chi connectivity index (χ0) is 23.3. The topological polar surface area (TPSA) is 70.1 Å². The molecule has 1 aromatic heterocycles. The number of Topliss-reactive ketones (excluding diaryl/α,β-unsaturated/α-hetero) is 1. The highest BCUT2D eigenvalue weighted by Crippen LogP contribution is 2.45. The Balaban J connectivity index is 1.70. The first-order chi connectivity index (χ1) is 15.9. The summed E-state index contributed by atoms with van der Waals surface area (Å²) in [5, 5.41) is 13.0. The Kier molecular flexibility index (Phi) is 5.13. The second-order valence-electron chi connectivity index (χ2n) is 7.73. The summed E-state index contributed by atoms with van der Waals surface area (Å²) in [6.45, 7) is 1.17. The molecule has 6 nitrogen and oxygen atoms in total. The van der Waals surface area contributed by atoms with Crippen LogP contribution in [0.4, 0.5) is 20.2 Å². The number of nitrogens with zero attached hydrogens (tertiary/aromatic N) is 2. The molecule has 0 bridgehead atoms. The summed E-state index contributed by atoms with van der Waals surface area (Å²) in [4.78, 5) is 29.5. The number of aliphatic hydroxyl groups is 1. The molecule has 9 heteroatoms. The van der Waals surface area contributed by atoms with Gasteiger partial charge in [-0.15, -0.1) is 11.3 Å². The molecule has 2 aliphatic heterocycles. The fraction of sp³-hybridized carbons (Fsp3) is 0.167. The standard InChI is InChI=1S/C24H18F2N2O4S/c1-27-8-9-32-18-7-4-13(11-17(18)27)22(29)20-21(19-3-2-10-33-19)28(24(31)23(20)30)16-12-14(25)5-6-15(16)26/h2-7,10-12,21,29H,8-9H2,1H3/b22-20-. The summed E-state index contributed by atoms with van der Waals surface area (Å²) in [7, 11) is 1.88. The van der Waals surface area contributed by atoms with Crippen molar-refractivity contribution in [3.05, 3.63) is 81.6 Å². The second-order valence-corrected chi connectivity index (χ2v) is 8.71. The van der Waals surface area contributed by atoms with Crippen molar-refractivity contribution in [2.24, 2.45) is 0 Å². The number of hydrogen-bond acceptors (Lipinski definition) is 6. The molecule has 1 saturated heterocycles. The van der Waals surface area contributed by atoms with Crippen LogP contribution in [0.3, 0.4) is 0 Å². The Morgan fingerprint density at radius 3 is 2.70 bits per heavy atom. The van der Waals surface area contributed by atoms with E-state index in [1.54, 1.807) is 35.7 Å². The molecule has 3 aromatic rings. The summed E-state index contributed by atoms with van der Waals surface area (Å²) in [6, 6.07) is 9.93. The van der Waals surface area contributed by atoms with E-state index in [0.29, 0.717) is 29.3 Å². The van der Waals surface area contributed by atoms with E-state index >= 15 is 0 Å². The highest BCUT2D eigenvalue weighted by molar-refractivity contribution is 7.10. The van der Waals surface area contributed by atoms with Crippen LogP contribution in [-0.4, -0.2) is 37.0 Å². The van der Waals surface area contributed by atoms with Crippen molar-refractivity contribution in [3.63, 3.8) is 0 Å². The predicted molar refractivity (Wildman–Crippen MR) is 121 cm³/mol. The fourth-order valence-electron chi connectivity index (χ4n) is 4.12. The van der Waals surface area contributed by atoms with Crippen LogP contribution in [0.15, 0.2) is 59.5 Å². The molecule has 0 radical (unpaired) electrons. The second kappa shape index (κ2) is 8.00. The average molecular weight is 468 g/mol. The monoisotopic (exact) mass is 468 g/mol. The van der Waals surface area contributed by atoms with Gasteiger partial charge in [0.05, 0.1) is 23.5 Å². The van der Waals surface area contributed by atoms with Crippen molar-refractivity contribution in [3.8, 4) is 5.75 Å². The van der Waals surface area contributed by atoms with E-state index in [1.807, 2.05) is 11.9 Å². The minimum Gasteiger partial charge on any atom is -0.507 e. The smallest absolute Gasteiger partial charge is 0.300 e. The van der Waals surface area contributed by atoms with Crippen molar-refractivity contribution >= 4 is 40.2 Å². The lowest BCUT2D eigenvalue weighted by molar-refractivity contribution is -0.132. The van der Waals surface area contributed by atoms with Gasteiger partial charge in [0, 0.05) is 23.6 Å². The maximum absolute atomic E-state index is 14.7. The maximum Gasteiger partial charge on any atom is 0.300 e. The Hall–Kier alpha value is -3.72. The van der Waals surface area contributed by atoms with Crippen LogP contribution in [0.5, 0.6) is 5.75 Å². The quantitative estimate of drug-likeness (QED) is 0.349. The number of ether oxygens (including phenoxy) is 1. The largest absolute Gasteiger partial charge is 0.507 e. The van der Waals surface area contributed by atoms with E-state index in [1.165, 1.54) is 11.3 Å². The first-order valence-corrected chi connectivity index (χ1v) is 11.0. The third-order valence-corrected chi connectivity index (χ3v) is 6.68. The number of carbonyl (C=O) groups excluding carboxylic acids is 2. The molecule has 0 saturated carbocycles. The molecule has 33 heavy (non-hydrogen) atoms. The van der Waals surface area contributed by atoms with Gasteiger partial charge in [-0.2, -0.15) is 0 Å². The lowest BCUT2D eigenvalue weighted by Crippen LogP contribution is -2.30. The number of halogens is 2. The normalized spacial score (nSPS) is 19.5. The van der Waals surface area contributed by atoms with Crippen molar-refractivity contribution < 1.29 is 28.2 Å². The lowest BCUT2D eigenvalue weighted by Gasteiger charge is -2.28. The molecule has 1 fully saturated rings. The number of aliphatic hydroxyl groups excluding tert-OH is 1. The van der Waals surface area contributed by atoms with Crippen molar-refractivity contribution in [1.82, 2.24) is 0 Å². The molecule has 1 amide bonds. The van der Waals surface area contributed by atoms with Crippen LogP contribution >= 0.6 is 11.3 Å². The fourth-order valence-corrected chi connectivity index (χ4v) is 4.94. The van der Waals surface area contributed by atoms with E-state index in [-0.39, 0.29) is 11.3 Å². The zero-order valence-corrected chi connectivity index (χ0v) is 18.2. The van der Waals surface area contributed by atoms with Gasteiger partial charge in [0.2, 0.25) is 0 Å². The van der Waals surface area contributed by atoms with Gasteiger partial charge < -0.3 is 14.7 Å². The molecule has 1 unspecified atom stereocenters. The Labute approximate surface area is 191 Å². The maximum atomic E-state index is 14.7. The minimum atomic E-state index is -1.11. The zero-order valence-electron chi connectivity index (χ0n) is 17.4. The number of hydrogen-bond donors (Lipinski definition) is 1. The summed E-state index contributed by atoms with van der Waals surface area (Å²) >= 11 is 1.24. The van der Waals surface area contributed by atoms with Crippen LogP contribution < -0.4 is 14.5 Å². The predicted octanol–water partition coefficient (Wildman–Crippen LogP) is 4.48. The van der Waals surface area contributed by atoms with Crippen LogP contribution in [0, 0.1) is 11.6 Å². The van der Waals surface area contributed by atoms with Crippen molar-refractivity contribution in [1.29, 1.82) is 0 Å². The van der Waals surface area contributed by atoms with Gasteiger partial charge in [0.1, 0.15) is 35.8 Å². The highest BCUT2D eigenvalue weighted by Gasteiger charge is 2.48. The van der Waals surface area contributed by atoms with Crippen LogP contribution in [0.2, 0.25) is 0 Å². The summed E-state index contributed by atoms with van der Waals surface area (Å²) in [5.41, 5.74) is 0.479. The van der Waals surface area contributed by atoms with Gasteiger partial charge in [0.25, 0.3) is 11.7 Å². The first kappa shape index (κ1) is 21.1. The molecule has 0 aliphatic carbocycles. The molecule has 2 aliphatic rings. The first-order valence-electron chi connectivity index (χ1n) is 10.1. The number of benzene rings is 2. The number of ketones is 1. The molecule has 0 spiro atoms. The highest BCUT2D eigenvalue weighted by atomic mass is 32.1. The molecule has 168 valence electrons. The molecule has 3 heterocycles. The number of thiophene rings is 1. The molecule has 1 atom stereocenters. The molecule has 2 aromatic carbocycles. The van der Waals surface area contributed by atoms with Crippen molar-refractivity contribution in [2.75, 3.05) is 30.0 Å². The Morgan fingerprint density at radius 2 is 1.94 bits per heavy atom. The van der Waals surface area contributed by atoms with Crippen LogP contribution in [-0.2, 0) is 9.59 Å². The van der Waals surface area contributed by atoms with Crippen LogP contribution in [0.25, 0.3) is 5.76 Å². The Bertz CT molecular complexity index is 1310. The summed E-state index contributed by atoms with van der Waals surface area (Å²) in [6.07, 6.45) is 0. The van der Waals surface area contributed by atoms with Crippen LogP contribution in [0.1, 0.15) is 16.5 Å². The van der Waals surface area contributed by atoms with E-state index in [0.717, 1.165) is 28.8 Å².